The Hall–Kier alpha value is -2.57. The minimum Gasteiger partial charge on any atom is -0.444 e. The van der Waals surface area contributed by atoms with Crippen LogP contribution in [0.5, 0.6) is 0 Å². The molecule has 1 aromatic carbocycles. The standard InChI is InChI=1S/C24H39N3O4/c1-10-18(6)27(20(28)14-25-23(30)31-24(7,8)9)21(22(29)26-15(2)3)19-12-16(4)11-17(5)13-19/h11-13,15,18,21H,10,14H2,1-9H3,(H,25,30)(H,26,29). The van der Waals surface area contributed by atoms with Crippen molar-refractivity contribution in [3.05, 3.63) is 34.9 Å². The largest absolute Gasteiger partial charge is 0.444 e. The molecule has 0 aliphatic heterocycles. The molecule has 0 aliphatic carbocycles. The van der Waals surface area contributed by atoms with E-state index in [1.165, 1.54) is 0 Å². The van der Waals surface area contributed by atoms with E-state index in [-0.39, 0.29) is 30.4 Å². The van der Waals surface area contributed by atoms with Crippen LogP contribution in [-0.4, -0.2) is 47.0 Å². The van der Waals surface area contributed by atoms with Gasteiger partial charge in [-0.25, -0.2) is 4.79 Å². The Morgan fingerprint density at radius 2 is 1.58 bits per heavy atom. The Morgan fingerprint density at radius 3 is 2.03 bits per heavy atom. The third-order valence-electron chi connectivity index (χ3n) is 4.65. The minimum atomic E-state index is -0.802. The van der Waals surface area contributed by atoms with Gasteiger partial charge < -0.3 is 20.3 Å². The van der Waals surface area contributed by atoms with Gasteiger partial charge in [-0.2, -0.15) is 0 Å². The Bertz CT molecular complexity index is 763. The van der Waals surface area contributed by atoms with Crippen LogP contribution in [0.4, 0.5) is 4.79 Å². The molecular weight excluding hydrogens is 394 g/mol. The van der Waals surface area contributed by atoms with Crippen molar-refractivity contribution in [1.82, 2.24) is 15.5 Å². The number of nitrogens with zero attached hydrogens (tertiary/aromatic N) is 1. The highest BCUT2D eigenvalue weighted by atomic mass is 16.6. The molecule has 0 bridgehead atoms. The van der Waals surface area contributed by atoms with Gasteiger partial charge in [0.2, 0.25) is 11.8 Å². The van der Waals surface area contributed by atoms with Crippen LogP contribution in [0.3, 0.4) is 0 Å². The average molecular weight is 434 g/mol. The van der Waals surface area contributed by atoms with Gasteiger partial charge in [0.1, 0.15) is 18.2 Å². The Labute approximate surface area is 186 Å². The number of benzene rings is 1. The molecule has 0 fully saturated rings. The monoisotopic (exact) mass is 433 g/mol. The Morgan fingerprint density at radius 1 is 1.03 bits per heavy atom. The summed E-state index contributed by atoms with van der Waals surface area (Å²) in [5.74, 6) is -0.589. The summed E-state index contributed by atoms with van der Waals surface area (Å²) in [5, 5.41) is 5.47. The summed E-state index contributed by atoms with van der Waals surface area (Å²) in [6.07, 6.45) is -0.00595. The smallest absolute Gasteiger partial charge is 0.408 e. The summed E-state index contributed by atoms with van der Waals surface area (Å²) in [7, 11) is 0. The normalized spacial score (nSPS) is 13.4. The first-order valence-corrected chi connectivity index (χ1v) is 10.9. The van der Waals surface area contributed by atoms with Crippen LogP contribution in [0.15, 0.2) is 18.2 Å². The number of ether oxygens (including phenoxy) is 1. The molecule has 2 atom stereocenters. The summed E-state index contributed by atoms with van der Waals surface area (Å²) < 4.78 is 5.23. The number of rotatable bonds is 8. The highest BCUT2D eigenvalue weighted by Gasteiger charge is 2.35. The van der Waals surface area contributed by atoms with E-state index in [2.05, 4.69) is 10.6 Å². The molecule has 0 aromatic heterocycles. The number of alkyl carbamates (subject to hydrolysis) is 1. The highest BCUT2D eigenvalue weighted by molar-refractivity contribution is 5.90. The van der Waals surface area contributed by atoms with Gasteiger partial charge in [0.25, 0.3) is 0 Å². The van der Waals surface area contributed by atoms with Gasteiger partial charge in [-0.05, 0) is 67.4 Å². The molecule has 7 nitrogen and oxygen atoms in total. The zero-order valence-corrected chi connectivity index (χ0v) is 20.5. The van der Waals surface area contributed by atoms with E-state index in [0.717, 1.165) is 16.7 Å². The average Bonchev–Trinajstić information content (AvgIpc) is 2.60. The van der Waals surface area contributed by atoms with E-state index in [4.69, 9.17) is 4.74 Å². The molecule has 2 unspecified atom stereocenters. The predicted octanol–water partition coefficient (Wildman–Crippen LogP) is 4.02. The van der Waals surface area contributed by atoms with Gasteiger partial charge in [0.05, 0.1) is 0 Å². The molecule has 3 amide bonds. The lowest BCUT2D eigenvalue weighted by atomic mass is 9.97. The first-order valence-electron chi connectivity index (χ1n) is 10.9. The van der Waals surface area contributed by atoms with Gasteiger partial charge in [-0.15, -0.1) is 0 Å². The van der Waals surface area contributed by atoms with E-state index in [1.807, 2.05) is 59.7 Å². The van der Waals surface area contributed by atoms with Crippen LogP contribution in [0.2, 0.25) is 0 Å². The maximum Gasteiger partial charge on any atom is 0.408 e. The maximum atomic E-state index is 13.3. The number of amides is 3. The van der Waals surface area contributed by atoms with E-state index in [9.17, 15) is 14.4 Å². The molecular formula is C24H39N3O4. The van der Waals surface area contributed by atoms with Crippen LogP contribution in [0.25, 0.3) is 0 Å². The summed E-state index contributed by atoms with van der Waals surface area (Å²) in [5.41, 5.74) is 2.12. The third kappa shape index (κ3) is 8.59. The van der Waals surface area contributed by atoms with E-state index in [0.29, 0.717) is 6.42 Å². The molecule has 0 heterocycles. The quantitative estimate of drug-likeness (QED) is 0.648. The predicted molar refractivity (Wildman–Crippen MR) is 123 cm³/mol. The summed E-state index contributed by atoms with van der Waals surface area (Å²) >= 11 is 0. The van der Waals surface area contributed by atoms with Crippen molar-refractivity contribution in [2.45, 2.75) is 92.5 Å². The second-order valence-electron chi connectivity index (χ2n) is 9.40. The highest BCUT2D eigenvalue weighted by Crippen LogP contribution is 2.27. The van der Waals surface area contributed by atoms with Crippen molar-refractivity contribution in [3.8, 4) is 0 Å². The fraction of sp³-hybridized carbons (Fsp3) is 0.625. The topological polar surface area (TPSA) is 87.7 Å². The Balaban J connectivity index is 3.29. The molecule has 0 saturated heterocycles. The van der Waals surface area contributed by atoms with Crippen LogP contribution in [0, 0.1) is 13.8 Å². The summed E-state index contributed by atoms with van der Waals surface area (Å²) in [6, 6.07) is 4.80. The minimum absolute atomic E-state index is 0.0744. The number of nitrogens with one attached hydrogen (secondary N) is 2. The van der Waals surface area contributed by atoms with Crippen molar-refractivity contribution in [2.24, 2.45) is 0 Å². The first kappa shape index (κ1) is 26.5. The van der Waals surface area contributed by atoms with E-state index < -0.39 is 17.7 Å². The van der Waals surface area contributed by atoms with Crippen molar-refractivity contribution in [2.75, 3.05) is 6.54 Å². The molecule has 174 valence electrons. The molecule has 31 heavy (non-hydrogen) atoms. The Kier molecular flexibility index (Phi) is 9.53. The van der Waals surface area contributed by atoms with Crippen LogP contribution >= 0.6 is 0 Å². The van der Waals surface area contributed by atoms with E-state index >= 15 is 0 Å². The number of hydrogen-bond acceptors (Lipinski definition) is 4. The molecule has 2 N–H and O–H groups in total. The lowest BCUT2D eigenvalue weighted by Crippen LogP contribution is -2.51. The maximum absolute atomic E-state index is 13.3. The lowest BCUT2D eigenvalue weighted by Gasteiger charge is -2.36. The van der Waals surface area contributed by atoms with Gasteiger partial charge in [0.15, 0.2) is 0 Å². The van der Waals surface area contributed by atoms with Crippen LogP contribution in [-0.2, 0) is 14.3 Å². The van der Waals surface area contributed by atoms with Crippen molar-refractivity contribution < 1.29 is 19.1 Å². The third-order valence-corrected chi connectivity index (χ3v) is 4.65. The molecule has 0 radical (unpaired) electrons. The number of aryl methyl sites for hydroxylation is 2. The van der Waals surface area contributed by atoms with Crippen molar-refractivity contribution in [3.63, 3.8) is 0 Å². The second kappa shape index (κ2) is 11.2. The number of carbonyl (C=O) groups is 3. The first-order chi connectivity index (χ1) is 14.2. The zero-order valence-electron chi connectivity index (χ0n) is 20.5. The van der Waals surface area contributed by atoms with Gasteiger partial charge in [0, 0.05) is 12.1 Å². The molecule has 0 spiro atoms. The molecule has 1 aromatic rings. The number of carbonyl (C=O) groups excluding carboxylic acids is 3. The van der Waals surface area contributed by atoms with E-state index in [1.54, 1.807) is 25.7 Å². The lowest BCUT2D eigenvalue weighted by molar-refractivity contribution is -0.142. The van der Waals surface area contributed by atoms with Crippen molar-refractivity contribution in [1.29, 1.82) is 0 Å². The van der Waals surface area contributed by atoms with Crippen LogP contribution in [0.1, 0.15) is 77.6 Å². The molecule has 0 aliphatic rings. The van der Waals surface area contributed by atoms with Crippen molar-refractivity contribution >= 4 is 17.9 Å². The van der Waals surface area contributed by atoms with Gasteiger partial charge in [-0.1, -0.05) is 36.2 Å². The molecule has 1 rings (SSSR count). The SMILES string of the molecule is CCC(C)N(C(=O)CNC(=O)OC(C)(C)C)C(C(=O)NC(C)C)c1cc(C)cc(C)c1. The summed E-state index contributed by atoms with van der Waals surface area (Å²) in [6.45, 7) is 16.6. The summed E-state index contributed by atoms with van der Waals surface area (Å²) in [4.78, 5) is 40.1. The van der Waals surface area contributed by atoms with Crippen LogP contribution < -0.4 is 10.6 Å². The second-order valence-corrected chi connectivity index (χ2v) is 9.40. The zero-order chi connectivity index (χ0) is 23.9. The molecule has 0 saturated carbocycles. The van der Waals surface area contributed by atoms with Gasteiger partial charge >= 0.3 is 6.09 Å². The fourth-order valence-corrected chi connectivity index (χ4v) is 3.36. The van der Waals surface area contributed by atoms with Gasteiger partial charge in [-0.3, -0.25) is 9.59 Å². The number of hydrogen-bond donors (Lipinski definition) is 2. The fourth-order valence-electron chi connectivity index (χ4n) is 3.36. The molecule has 7 heteroatoms.